The molecule has 0 aromatic carbocycles. The lowest BCUT2D eigenvalue weighted by Gasteiger charge is -2.23. The van der Waals surface area contributed by atoms with Gasteiger partial charge in [-0.3, -0.25) is 19.2 Å². The highest BCUT2D eigenvalue weighted by atomic mass is 16.4. The van der Waals surface area contributed by atoms with Gasteiger partial charge in [0.1, 0.15) is 12.1 Å². The minimum Gasteiger partial charge on any atom is -0.481 e. The highest BCUT2D eigenvalue weighted by molar-refractivity contribution is 5.92. The Morgan fingerprint density at radius 2 is 1.57 bits per heavy atom. The normalized spacial score (nSPS) is 13.8. The van der Waals surface area contributed by atoms with Crippen LogP contribution in [0, 0.1) is 5.92 Å². The molecule has 0 aromatic heterocycles. The molecule has 0 saturated heterocycles. The molecule has 0 saturated carbocycles. The van der Waals surface area contributed by atoms with E-state index in [-0.39, 0.29) is 12.3 Å². The number of carboxylic acid groups (broad SMARTS) is 2. The molecule has 3 atom stereocenters. The molecule has 0 fully saturated rings. The molecule has 30 heavy (non-hydrogen) atoms. The number of nitrogens with one attached hydrogen (secondary N) is 3. The summed E-state index contributed by atoms with van der Waals surface area (Å²) in [7, 11) is 0. The maximum absolute atomic E-state index is 12.4. The van der Waals surface area contributed by atoms with E-state index in [9.17, 15) is 24.0 Å². The van der Waals surface area contributed by atoms with Crippen LogP contribution in [-0.2, 0) is 24.0 Å². The van der Waals surface area contributed by atoms with Crippen LogP contribution in [0.15, 0.2) is 0 Å². The Bertz CT molecular complexity index is 612. The molecule has 3 unspecified atom stereocenters. The summed E-state index contributed by atoms with van der Waals surface area (Å²) in [5.74, 6) is -4.79. The van der Waals surface area contributed by atoms with Gasteiger partial charge in [-0.05, 0) is 31.7 Å². The van der Waals surface area contributed by atoms with Crippen molar-refractivity contribution in [1.29, 1.82) is 0 Å². The highest BCUT2D eigenvalue weighted by Crippen LogP contribution is 2.04. The number of carbonyl (C=O) groups is 5. The number of rotatable bonds is 15. The zero-order valence-corrected chi connectivity index (χ0v) is 17.3. The molecule has 0 aliphatic carbocycles. The quantitative estimate of drug-likeness (QED) is 0.144. The Kier molecular flexibility index (Phi) is 13.0. The standard InChI is InChI=1S/C18H33N5O7/c1-10(2)15(23-16(27)11(20)5-3-4-8-19)17(28)21-9-13(24)22-12(18(29)30)6-7-14(25)26/h10-12,15H,3-9,19-20H2,1-2H3,(H,21,28)(H,22,24)(H,23,27)(H,25,26)(H,29,30). The lowest BCUT2D eigenvalue weighted by Crippen LogP contribution is -2.55. The van der Waals surface area contributed by atoms with Crippen LogP contribution < -0.4 is 27.4 Å². The van der Waals surface area contributed by atoms with Crippen LogP contribution in [0.5, 0.6) is 0 Å². The summed E-state index contributed by atoms with van der Waals surface area (Å²) in [5.41, 5.74) is 11.2. The third-order valence-electron chi connectivity index (χ3n) is 4.26. The maximum atomic E-state index is 12.4. The van der Waals surface area contributed by atoms with E-state index in [1.54, 1.807) is 13.8 Å². The second-order valence-electron chi connectivity index (χ2n) is 7.23. The first kappa shape index (κ1) is 27.3. The van der Waals surface area contributed by atoms with E-state index in [2.05, 4.69) is 16.0 Å². The molecule has 0 aliphatic heterocycles. The Hall–Kier alpha value is -2.73. The zero-order chi connectivity index (χ0) is 23.3. The molecule has 172 valence electrons. The Morgan fingerprint density at radius 1 is 0.933 bits per heavy atom. The Labute approximate surface area is 175 Å². The van der Waals surface area contributed by atoms with E-state index < -0.39 is 60.8 Å². The van der Waals surface area contributed by atoms with Gasteiger partial charge in [-0.15, -0.1) is 0 Å². The maximum Gasteiger partial charge on any atom is 0.326 e. The summed E-state index contributed by atoms with van der Waals surface area (Å²) in [5, 5.41) is 24.7. The highest BCUT2D eigenvalue weighted by Gasteiger charge is 2.27. The number of nitrogens with two attached hydrogens (primary N) is 2. The van der Waals surface area contributed by atoms with Crippen molar-refractivity contribution in [1.82, 2.24) is 16.0 Å². The van der Waals surface area contributed by atoms with Crippen molar-refractivity contribution in [2.45, 2.75) is 64.1 Å². The molecule has 12 nitrogen and oxygen atoms in total. The lowest BCUT2D eigenvalue weighted by atomic mass is 10.0. The molecular weight excluding hydrogens is 398 g/mol. The van der Waals surface area contributed by atoms with Crippen molar-refractivity contribution in [3.05, 3.63) is 0 Å². The molecule has 3 amide bonds. The van der Waals surface area contributed by atoms with Gasteiger partial charge in [0.15, 0.2) is 0 Å². The minimum absolute atomic E-state index is 0.295. The van der Waals surface area contributed by atoms with E-state index in [1.807, 2.05) is 0 Å². The summed E-state index contributed by atoms with van der Waals surface area (Å²) in [6, 6.07) is -3.12. The third-order valence-corrected chi connectivity index (χ3v) is 4.26. The first-order chi connectivity index (χ1) is 14.0. The van der Waals surface area contributed by atoms with Crippen molar-refractivity contribution in [2.24, 2.45) is 17.4 Å². The number of amides is 3. The van der Waals surface area contributed by atoms with E-state index in [1.165, 1.54) is 0 Å². The number of carbonyl (C=O) groups excluding carboxylic acids is 3. The summed E-state index contributed by atoms with van der Waals surface area (Å²) in [4.78, 5) is 58.2. The topological polar surface area (TPSA) is 214 Å². The summed E-state index contributed by atoms with van der Waals surface area (Å²) >= 11 is 0. The van der Waals surface area contributed by atoms with Gasteiger partial charge in [0, 0.05) is 6.42 Å². The molecule has 0 heterocycles. The van der Waals surface area contributed by atoms with Crippen LogP contribution in [0.25, 0.3) is 0 Å². The molecule has 0 aromatic rings. The van der Waals surface area contributed by atoms with E-state index in [0.29, 0.717) is 19.4 Å². The largest absolute Gasteiger partial charge is 0.481 e. The smallest absolute Gasteiger partial charge is 0.326 e. The fraction of sp³-hybridized carbons (Fsp3) is 0.722. The summed E-state index contributed by atoms with van der Waals surface area (Å²) < 4.78 is 0. The minimum atomic E-state index is -1.39. The fourth-order valence-electron chi connectivity index (χ4n) is 2.48. The van der Waals surface area contributed by atoms with Crippen LogP contribution in [0.4, 0.5) is 0 Å². The number of unbranched alkanes of at least 4 members (excludes halogenated alkanes) is 1. The molecule has 9 N–H and O–H groups in total. The van der Waals surface area contributed by atoms with Gasteiger partial charge in [0.25, 0.3) is 0 Å². The van der Waals surface area contributed by atoms with Crippen LogP contribution in [-0.4, -0.2) is 71.1 Å². The van der Waals surface area contributed by atoms with Gasteiger partial charge >= 0.3 is 11.9 Å². The van der Waals surface area contributed by atoms with Crippen LogP contribution in [0.2, 0.25) is 0 Å². The second kappa shape index (κ2) is 14.3. The average molecular weight is 431 g/mol. The molecular formula is C18H33N5O7. The van der Waals surface area contributed by atoms with Crippen LogP contribution in [0.3, 0.4) is 0 Å². The second-order valence-corrected chi connectivity index (χ2v) is 7.23. The predicted octanol–water partition coefficient (Wildman–Crippen LogP) is -1.87. The molecule has 0 aliphatic rings. The third kappa shape index (κ3) is 11.3. The molecule has 0 spiro atoms. The number of hydrogen-bond donors (Lipinski definition) is 7. The van der Waals surface area contributed by atoms with Gasteiger partial charge in [-0.1, -0.05) is 20.3 Å². The van der Waals surface area contributed by atoms with Crippen molar-refractivity contribution >= 4 is 29.7 Å². The summed E-state index contributed by atoms with van der Waals surface area (Å²) in [6.45, 7) is 3.37. The van der Waals surface area contributed by atoms with Crippen LogP contribution >= 0.6 is 0 Å². The number of hydrogen-bond acceptors (Lipinski definition) is 7. The van der Waals surface area contributed by atoms with E-state index in [4.69, 9.17) is 21.7 Å². The van der Waals surface area contributed by atoms with Gasteiger partial charge < -0.3 is 37.6 Å². The van der Waals surface area contributed by atoms with Gasteiger partial charge in [0.05, 0.1) is 12.6 Å². The first-order valence-electron chi connectivity index (χ1n) is 9.77. The number of carboxylic acids is 2. The van der Waals surface area contributed by atoms with Crippen LogP contribution in [0.1, 0.15) is 46.0 Å². The van der Waals surface area contributed by atoms with E-state index in [0.717, 1.165) is 6.42 Å². The molecule has 0 bridgehead atoms. The summed E-state index contributed by atoms with van der Waals surface area (Å²) in [6.07, 6.45) is 1.10. The number of aliphatic carboxylic acids is 2. The Balaban J connectivity index is 4.69. The first-order valence-corrected chi connectivity index (χ1v) is 9.77. The Morgan fingerprint density at radius 3 is 2.07 bits per heavy atom. The van der Waals surface area contributed by atoms with Crippen molar-refractivity contribution in [2.75, 3.05) is 13.1 Å². The van der Waals surface area contributed by atoms with Gasteiger partial charge in [-0.25, -0.2) is 4.79 Å². The molecule has 12 heteroatoms. The molecule has 0 rings (SSSR count). The SMILES string of the molecule is CC(C)C(NC(=O)C(N)CCCCN)C(=O)NCC(=O)NC(CCC(=O)O)C(=O)O. The monoisotopic (exact) mass is 431 g/mol. The van der Waals surface area contributed by atoms with Crippen molar-refractivity contribution in [3.8, 4) is 0 Å². The zero-order valence-electron chi connectivity index (χ0n) is 17.3. The van der Waals surface area contributed by atoms with Gasteiger partial charge in [-0.2, -0.15) is 0 Å². The van der Waals surface area contributed by atoms with Crippen molar-refractivity contribution < 1.29 is 34.2 Å². The predicted molar refractivity (Wildman–Crippen MR) is 107 cm³/mol. The average Bonchev–Trinajstić information content (AvgIpc) is 2.66. The van der Waals surface area contributed by atoms with Gasteiger partial charge in [0.2, 0.25) is 17.7 Å². The van der Waals surface area contributed by atoms with Crippen molar-refractivity contribution in [3.63, 3.8) is 0 Å². The fourth-order valence-corrected chi connectivity index (χ4v) is 2.48. The lowest BCUT2D eigenvalue weighted by molar-refractivity contribution is -0.143. The van der Waals surface area contributed by atoms with E-state index >= 15 is 0 Å². The molecule has 0 radical (unpaired) electrons.